The molecule has 110 valence electrons. The lowest BCUT2D eigenvalue weighted by Crippen LogP contribution is -2.31. The van der Waals surface area contributed by atoms with Crippen LogP contribution < -0.4 is 11.5 Å². The Balaban J connectivity index is -0.00000112. The predicted octanol–water partition coefficient (Wildman–Crippen LogP) is 1.60. The number of halogens is 5. The van der Waals surface area contributed by atoms with Gasteiger partial charge in [-0.1, -0.05) is 0 Å². The van der Waals surface area contributed by atoms with Crippen molar-refractivity contribution in [3.63, 3.8) is 0 Å². The molecule has 0 aromatic carbocycles. The Morgan fingerprint density at radius 2 is 1.89 bits per heavy atom. The minimum Gasteiger partial charge on any atom is -0.480 e. The van der Waals surface area contributed by atoms with Crippen molar-refractivity contribution in [3.05, 3.63) is 0 Å². The van der Waals surface area contributed by atoms with Crippen molar-refractivity contribution < 1.29 is 18.7 Å². The van der Waals surface area contributed by atoms with Gasteiger partial charge in [0, 0.05) is 6.54 Å². The van der Waals surface area contributed by atoms with Gasteiger partial charge in [0.1, 0.15) is 6.04 Å². The highest BCUT2D eigenvalue weighted by Crippen LogP contribution is 2.18. The van der Waals surface area contributed by atoms with Gasteiger partial charge in [-0.05, 0) is 30.9 Å². The quantitative estimate of drug-likeness (QED) is 0.285. The van der Waals surface area contributed by atoms with Crippen LogP contribution in [0.5, 0.6) is 0 Å². The lowest BCUT2D eigenvalue weighted by Gasteiger charge is -2.07. The van der Waals surface area contributed by atoms with E-state index in [9.17, 15) is 13.6 Å². The summed E-state index contributed by atoms with van der Waals surface area (Å²) in [5.74, 6) is -2.02. The van der Waals surface area contributed by atoms with E-state index in [0.29, 0.717) is 12.8 Å². The standard InChI is InChI=1S/C8H14ClF2N3O2.2ClH/c9-8(10,11)7(13)14-4-2-1-3-5(12)6(15)16;;/h5H,1-4,12H2,(H2,13,14)(H,15,16);2*1H/t5-;;/m0../s1. The number of carboxylic acid groups (broad SMARTS) is 1. The molecule has 0 spiro atoms. The summed E-state index contributed by atoms with van der Waals surface area (Å²) in [6, 6.07) is -0.934. The summed E-state index contributed by atoms with van der Waals surface area (Å²) in [6.45, 7) is 0.0699. The highest BCUT2D eigenvalue weighted by Gasteiger charge is 2.30. The summed E-state index contributed by atoms with van der Waals surface area (Å²) < 4.78 is 24.5. The molecule has 0 aliphatic rings. The van der Waals surface area contributed by atoms with Gasteiger partial charge >= 0.3 is 11.4 Å². The number of nitrogens with zero attached hydrogens (tertiary/aromatic N) is 1. The second kappa shape index (κ2) is 10.5. The van der Waals surface area contributed by atoms with Crippen LogP contribution in [-0.4, -0.2) is 34.9 Å². The van der Waals surface area contributed by atoms with Crippen LogP contribution in [0.1, 0.15) is 19.3 Å². The van der Waals surface area contributed by atoms with E-state index in [4.69, 9.17) is 16.6 Å². The zero-order chi connectivity index (χ0) is 12.8. The molecule has 10 heteroatoms. The van der Waals surface area contributed by atoms with Gasteiger partial charge < -0.3 is 16.6 Å². The fourth-order valence-corrected chi connectivity index (χ4v) is 0.948. The van der Waals surface area contributed by atoms with E-state index >= 15 is 0 Å². The van der Waals surface area contributed by atoms with E-state index in [0.717, 1.165) is 0 Å². The average molecular weight is 331 g/mol. The topological polar surface area (TPSA) is 102 Å². The maximum Gasteiger partial charge on any atom is 0.378 e. The molecule has 0 unspecified atom stereocenters. The summed E-state index contributed by atoms with van der Waals surface area (Å²) in [4.78, 5) is 13.7. The molecule has 0 heterocycles. The van der Waals surface area contributed by atoms with Crippen molar-refractivity contribution in [3.8, 4) is 0 Å². The molecule has 0 bridgehead atoms. The minimum absolute atomic E-state index is 0. The number of aliphatic imine (C=N–C) groups is 1. The van der Waals surface area contributed by atoms with Crippen LogP contribution in [0.25, 0.3) is 0 Å². The lowest BCUT2D eigenvalue weighted by atomic mass is 10.1. The Kier molecular flexibility index (Phi) is 13.3. The van der Waals surface area contributed by atoms with Gasteiger partial charge in [0.25, 0.3) is 0 Å². The summed E-state index contributed by atoms with van der Waals surface area (Å²) in [5.41, 5.74) is 10.1. The highest BCUT2D eigenvalue weighted by atomic mass is 35.5. The van der Waals surface area contributed by atoms with Crippen LogP contribution >= 0.6 is 36.4 Å². The van der Waals surface area contributed by atoms with Gasteiger partial charge in [-0.25, -0.2) is 0 Å². The van der Waals surface area contributed by atoms with Crippen molar-refractivity contribution in [2.24, 2.45) is 16.5 Å². The van der Waals surface area contributed by atoms with E-state index in [1.807, 2.05) is 0 Å². The molecule has 0 amide bonds. The van der Waals surface area contributed by atoms with E-state index in [2.05, 4.69) is 16.6 Å². The smallest absolute Gasteiger partial charge is 0.378 e. The number of rotatable bonds is 7. The number of nitrogens with two attached hydrogens (primary N) is 2. The molecule has 5 N–H and O–H groups in total. The molecule has 0 saturated carbocycles. The third kappa shape index (κ3) is 10.8. The highest BCUT2D eigenvalue weighted by molar-refractivity contribution is 6.32. The Hall–Kier alpha value is -0.370. The Morgan fingerprint density at radius 3 is 2.28 bits per heavy atom. The van der Waals surface area contributed by atoms with Crippen molar-refractivity contribution in [2.45, 2.75) is 30.7 Å². The summed E-state index contributed by atoms with van der Waals surface area (Å²) >= 11 is 4.60. The maximum absolute atomic E-state index is 12.3. The van der Waals surface area contributed by atoms with E-state index in [1.165, 1.54) is 0 Å². The number of amidine groups is 1. The zero-order valence-electron chi connectivity index (χ0n) is 9.31. The van der Waals surface area contributed by atoms with Gasteiger partial charge in [0.15, 0.2) is 5.84 Å². The zero-order valence-corrected chi connectivity index (χ0v) is 11.7. The van der Waals surface area contributed by atoms with Gasteiger partial charge in [0.2, 0.25) is 0 Å². The number of hydrogen-bond acceptors (Lipinski definition) is 3. The monoisotopic (exact) mass is 329 g/mol. The van der Waals surface area contributed by atoms with Crippen molar-refractivity contribution in [2.75, 3.05) is 6.54 Å². The normalized spacial score (nSPS) is 13.2. The first kappa shape index (κ1) is 22.8. The maximum atomic E-state index is 12.3. The lowest BCUT2D eigenvalue weighted by molar-refractivity contribution is -0.138. The second-order valence-corrected chi connectivity index (χ2v) is 3.68. The molecule has 0 rings (SSSR count). The minimum atomic E-state index is -3.63. The molecule has 0 saturated heterocycles. The Bertz CT molecular complexity index is 275. The molecule has 18 heavy (non-hydrogen) atoms. The number of carbonyl (C=O) groups is 1. The van der Waals surface area contributed by atoms with Gasteiger partial charge in [-0.15, -0.1) is 24.8 Å². The van der Waals surface area contributed by atoms with Crippen LogP contribution in [0.15, 0.2) is 4.99 Å². The van der Waals surface area contributed by atoms with Crippen molar-refractivity contribution >= 4 is 48.2 Å². The number of carboxylic acids is 1. The van der Waals surface area contributed by atoms with Crippen LogP contribution in [0.3, 0.4) is 0 Å². The first-order valence-corrected chi connectivity index (χ1v) is 4.98. The largest absolute Gasteiger partial charge is 0.480 e. The predicted molar refractivity (Wildman–Crippen MR) is 71.2 cm³/mol. The Labute approximate surface area is 121 Å². The van der Waals surface area contributed by atoms with Crippen LogP contribution in [-0.2, 0) is 4.79 Å². The summed E-state index contributed by atoms with van der Waals surface area (Å²) in [7, 11) is 0. The molecule has 0 radical (unpaired) electrons. The third-order valence-corrected chi connectivity index (χ3v) is 2.01. The number of unbranched alkanes of at least 4 members (excludes halogenated alkanes) is 1. The molecule has 0 aliphatic carbocycles. The number of alkyl halides is 3. The number of aliphatic carboxylic acids is 1. The number of hydrogen-bond donors (Lipinski definition) is 3. The van der Waals surface area contributed by atoms with E-state index < -0.39 is 23.2 Å². The summed E-state index contributed by atoms with van der Waals surface area (Å²) in [6.07, 6.45) is 1.16. The first-order chi connectivity index (χ1) is 7.25. The molecule has 0 aromatic rings. The van der Waals surface area contributed by atoms with Crippen LogP contribution in [0, 0.1) is 0 Å². The van der Waals surface area contributed by atoms with Crippen LogP contribution in [0.2, 0.25) is 0 Å². The first-order valence-electron chi connectivity index (χ1n) is 4.60. The van der Waals surface area contributed by atoms with Crippen LogP contribution in [0.4, 0.5) is 8.78 Å². The third-order valence-electron chi connectivity index (χ3n) is 1.81. The Morgan fingerprint density at radius 1 is 1.39 bits per heavy atom. The SMILES string of the molecule is Cl.Cl.NC(=NCCCC[C@H](N)C(=O)O)C(F)(F)Cl. The molecule has 0 fully saturated rings. The fourth-order valence-electron chi connectivity index (χ4n) is 0.889. The van der Waals surface area contributed by atoms with Crippen molar-refractivity contribution in [1.29, 1.82) is 0 Å². The molecule has 0 aliphatic heterocycles. The van der Waals surface area contributed by atoms with E-state index in [1.54, 1.807) is 0 Å². The summed E-state index contributed by atoms with van der Waals surface area (Å²) in [5, 5.41) is 4.82. The van der Waals surface area contributed by atoms with E-state index in [-0.39, 0.29) is 37.8 Å². The average Bonchev–Trinajstić information content (AvgIpc) is 2.14. The second-order valence-electron chi connectivity index (χ2n) is 3.21. The van der Waals surface area contributed by atoms with Gasteiger partial charge in [-0.2, -0.15) is 8.78 Å². The molecule has 0 aromatic heterocycles. The van der Waals surface area contributed by atoms with Crippen molar-refractivity contribution in [1.82, 2.24) is 0 Å². The van der Waals surface area contributed by atoms with Gasteiger partial charge in [0.05, 0.1) is 0 Å². The molecule has 1 atom stereocenters. The van der Waals surface area contributed by atoms with Gasteiger partial charge in [-0.3, -0.25) is 9.79 Å². The molecular formula is C8H16Cl3F2N3O2. The molecule has 5 nitrogen and oxygen atoms in total. The fraction of sp³-hybridized carbons (Fsp3) is 0.750. The molecular weight excluding hydrogens is 314 g/mol.